The smallest absolute Gasteiger partial charge is 0.266 e. The summed E-state index contributed by atoms with van der Waals surface area (Å²) in [5.41, 5.74) is 2.00. The summed E-state index contributed by atoms with van der Waals surface area (Å²) in [5, 5.41) is 14.3. The highest BCUT2D eigenvalue weighted by Crippen LogP contribution is 2.35. The third-order valence-corrected chi connectivity index (χ3v) is 5.14. The van der Waals surface area contributed by atoms with Gasteiger partial charge in [-0.25, -0.2) is 0 Å². The van der Waals surface area contributed by atoms with Crippen molar-refractivity contribution in [1.82, 2.24) is 10.1 Å². The second-order valence-electron chi connectivity index (χ2n) is 7.11. The number of nitrogens with zero attached hydrogens (tertiary/aromatic N) is 3. The van der Waals surface area contributed by atoms with Gasteiger partial charge in [0.1, 0.15) is 0 Å². The van der Waals surface area contributed by atoms with E-state index in [1.165, 1.54) is 5.56 Å². The highest BCUT2D eigenvalue weighted by Gasteiger charge is 2.36. The molecule has 1 aliphatic heterocycles. The van der Waals surface area contributed by atoms with Gasteiger partial charge in [0, 0.05) is 24.1 Å². The molecule has 1 unspecified atom stereocenters. The van der Waals surface area contributed by atoms with Crippen LogP contribution >= 0.6 is 0 Å². The quantitative estimate of drug-likeness (QED) is 0.763. The van der Waals surface area contributed by atoms with Crippen LogP contribution in [0.1, 0.15) is 18.4 Å². The first-order chi connectivity index (χ1) is 12.8. The zero-order valence-corrected chi connectivity index (χ0v) is 14.7. The molecule has 1 N–H and O–H groups in total. The largest absolute Gasteiger partial charge is 0.396 e. The van der Waals surface area contributed by atoms with Gasteiger partial charge in [-0.05, 0) is 42.1 Å². The summed E-state index contributed by atoms with van der Waals surface area (Å²) in [7, 11) is 0. The summed E-state index contributed by atoms with van der Waals surface area (Å²) in [5.74, 6) is 1.14. The van der Waals surface area contributed by atoms with Gasteiger partial charge in [-0.2, -0.15) is 4.98 Å². The Bertz CT molecular complexity index is 835. The fourth-order valence-electron chi connectivity index (χ4n) is 3.78. The van der Waals surface area contributed by atoms with Gasteiger partial charge in [0.2, 0.25) is 0 Å². The van der Waals surface area contributed by atoms with Crippen LogP contribution in [0.3, 0.4) is 0 Å². The Balaban J connectivity index is 1.53. The first-order valence-corrected chi connectivity index (χ1v) is 9.07. The number of benzene rings is 2. The molecule has 2 heterocycles. The molecule has 1 atom stereocenters. The first-order valence-electron chi connectivity index (χ1n) is 9.07. The molecule has 26 heavy (non-hydrogen) atoms. The fourth-order valence-corrected chi connectivity index (χ4v) is 3.78. The molecule has 1 aromatic heterocycles. The summed E-state index contributed by atoms with van der Waals surface area (Å²) in [6.07, 6.45) is 2.85. The second kappa shape index (κ2) is 7.30. The van der Waals surface area contributed by atoms with Crippen LogP contribution in [0.15, 0.2) is 65.2 Å². The number of hydrogen-bond donors (Lipinski definition) is 1. The van der Waals surface area contributed by atoms with Gasteiger partial charge in [0.05, 0.1) is 6.61 Å². The third-order valence-electron chi connectivity index (χ3n) is 5.14. The summed E-state index contributed by atoms with van der Waals surface area (Å²) in [4.78, 5) is 6.72. The number of aromatic nitrogens is 2. The van der Waals surface area contributed by atoms with E-state index in [0.29, 0.717) is 11.8 Å². The maximum atomic E-state index is 10.2. The zero-order valence-electron chi connectivity index (χ0n) is 14.7. The number of aliphatic hydroxyl groups is 1. The van der Waals surface area contributed by atoms with Crippen LogP contribution in [-0.2, 0) is 6.42 Å². The van der Waals surface area contributed by atoms with E-state index in [2.05, 4.69) is 27.2 Å². The van der Waals surface area contributed by atoms with Gasteiger partial charge in [-0.15, -0.1) is 0 Å². The van der Waals surface area contributed by atoms with Gasteiger partial charge < -0.3 is 14.5 Å². The summed E-state index contributed by atoms with van der Waals surface area (Å²) in [6, 6.07) is 20.2. The van der Waals surface area contributed by atoms with Crippen LogP contribution in [0.25, 0.3) is 11.5 Å². The molecule has 3 aromatic rings. The van der Waals surface area contributed by atoms with E-state index in [4.69, 9.17) is 4.52 Å². The molecule has 4 rings (SSSR count). The van der Waals surface area contributed by atoms with Crippen LogP contribution in [0.4, 0.5) is 5.95 Å². The van der Waals surface area contributed by atoms with E-state index in [9.17, 15) is 5.11 Å². The molecule has 0 radical (unpaired) electrons. The first kappa shape index (κ1) is 16.8. The lowest BCUT2D eigenvalue weighted by atomic mass is 9.76. The van der Waals surface area contributed by atoms with Crippen molar-refractivity contribution in [3.8, 4) is 11.5 Å². The monoisotopic (exact) mass is 349 g/mol. The van der Waals surface area contributed by atoms with Crippen LogP contribution < -0.4 is 4.90 Å². The molecule has 1 aliphatic rings. The Morgan fingerprint density at radius 3 is 2.50 bits per heavy atom. The van der Waals surface area contributed by atoms with Crippen molar-refractivity contribution in [1.29, 1.82) is 0 Å². The minimum Gasteiger partial charge on any atom is -0.396 e. The van der Waals surface area contributed by atoms with Gasteiger partial charge in [0.15, 0.2) is 0 Å². The van der Waals surface area contributed by atoms with Crippen molar-refractivity contribution in [3.05, 3.63) is 66.2 Å². The average Bonchev–Trinajstić information content (AvgIpc) is 3.20. The summed E-state index contributed by atoms with van der Waals surface area (Å²) in [6.45, 7) is 1.76. The maximum absolute atomic E-state index is 10.2. The highest BCUT2D eigenvalue weighted by molar-refractivity contribution is 5.54. The maximum Gasteiger partial charge on any atom is 0.266 e. The Morgan fingerprint density at radius 2 is 1.77 bits per heavy atom. The van der Waals surface area contributed by atoms with Crippen LogP contribution in [0.5, 0.6) is 0 Å². The van der Waals surface area contributed by atoms with Crippen LogP contribution in [0.2, 0.25) is 0 Å². The summed E-state index contributed by atoms with van der Waals surface area (Å²) >= 11 is 0. The van der Waals surface area contributed by atoms with Crippen molar-refractivity contribution in [2.24, 2.45) is 5.41 Å². The van der Waals surface area contributed by atoms with E-state index in [-0.39, 0.29) is 12.0 Å². The van der Waals surface area contributed by atoms with E-state index >= 15 is 0 Å². The van der Waals surface area contributed by atoms with Crippen LogP contribution in [0, 0.1) is 5.41 Å². The molecule has 0 saturated carbocycles. The zero-order chi connectivity index (χ0) is 17.8. The predicted molar refractivity (Wildman–Crippen MR) is 101 cm³/mol. The van der Waals surface area contributed by atoms with Crippen molar-refractivity contribution < 1.29 is 9.63 Å². The molecule has 2 aromatic carbocycles. The number of hydrogen-bond acceptors (Lipinski definition) is 5. The predicted octanol–water partition coefficient (Wildman–Crippen LogP) is 3.56. The van der Waals surface area contributed by atoms with E-state index < -0.39 is 0 Å². The minimum atomic E-state index is -0.173. The standard InChI is InChI=1S/C21H23N3O2/c25-16-21(14-17-8-3-1-4-9-17)12-7-13-24(15-21)20-22-19(26-23-20)18-10-5-2-6-11-18/h1-6,8-11,25H,7,12-16H2. The van der Waals surface area contributed by atoms with E-state index in [1.54, 1.807) is 0 Å². The molecular formula is C21H23N3O2. The van der Waals surface area contributed by atoms with Gasteiger partial charge in [-0.1, -0.05) is 48.5 Å². The van der Waals surface area contributed by atoms with Gasteiger partial charge >= 0.3 is 0 Å². The topological polar surface area (TPSA) is 62.4 Å². The molecule has 0 amide bonds. The molecule has 1 saturated heterocycles. The number of aliphatic hydroxyl groups excluding tert-OH is 1. The van der Waals surface area contributed by atoms with Gasteiger partial charge in [0.25, 0.3) is 11.8 Å². The molecule has 5 heteroatoms. The van der Waals surface area contributed by atoms with Gasteiger partial charge in [-0.3, -0.25) is 0 Å². The molecule has 134 valence electrons. The average molecular weight is 349 g/mol. The number of piperidine rings is 1. The third kappa shape index (κ3) is 3.48. The lowest BCUT2D eigenvalue weighted by molar-refractivity contribution is 0.105. The lowest BCUT2D eigenvalue weighted by Gasteiger charge is -2.41. The second-order valence-corrected chi connectivity index (χ2v) is 7.11. The van der Waals surface area contributed by atoms with E-state index in [1.807, 2.05) is 48.5 Å². The van der Waals surface area contributed by atoms with E-state index in [0.717, 1.165) is 37.9 Å². The molecule has 0 bridgehead atoms. The minimum absolute atomic E-state index is 0.155. The number of rotatable bonds is 5. The Kier molecular flexibility index (Phi) is 4.71. The summed E-state index contributed by atoms with van der Waals surface area (Å²) < 4.78 is 5.46. The Hall–Kier alpha value is -2.66. The SMILES string of the molecule is OCC1(Cc2ccccc2)CCCN(c2noc(-c3ccccc3)n2)C1. The molecule has 0 spiro atoms. The molecular weight excluding hydrogens is 326 g/mol. The molecule has 5 nitrogen and oxygen atoms in total. The molecule has 0 aliphatic carbocycles. The highest BCUT2D eigenvalue weighted by atomic mass is 16.5. The fraction of sp³-hybridized carbons (Fsp3) is 0.333. The van der Waals surface area contributed by atoms with Crippen LogP contribution in [-0.4, -0.2) is 34.9 Å². The molecule has 1 fully saturated rings. The van der Waals surface area contributed by atoms with Crippen molar-refractivity contribution in [3.63, 3.8) is 0 Å². The van der Waals surface area contributed by atoms with Crippen molar-refractivity contribution in [2.75, 3.05) is 24.6 Å². The van der Waals surface area contributed by atoms with Crippen molar-refractivity contribution in [2.45, 2.75) is 19.3 Å². The Labute approximate surface area is 153 Å². The normalized spacial score (nSPS) is 20.3. The number of anilines is 1. The van der Waals surface area contributed by atoms with Crippen molar-refractivity contribution >= 4 is 5.95 Å². The Morgan fingerprint density at radius 1 is 1.04 bits per heavy atom. The lowest BCUT2D eigenvalue weighted by Crippen LogP contribution is -2.47.